The van der Waals surface area contributed by atoms with E-state index in [4.69, 9.17) is 39.9 Å². The highest BCUT2D eigenvalue weighted by molar-refractivity contribution is 6.02. The molecule has 2 saturated heterocycles. The molecule has 5 aromatic heterocycles. The van der Waals surface area contributed by atoms with Crippen LogP contribution < -0.4 is 36.3 Å². The predicted molar refractivity (Wildman–Crippen MR) is 267 cm³/mol. The highest BCUT2D eigenvalue weighted by atomic mass is 35.5. The molecule has 70 heavy (non-hydrogen) atoms. The second kappa shape index (κ2) is 22.4. The summed E-state index contributed by atoms with van der Waals surface area (Å²) in [7, 11) is 3.10. The van der Waals surface area contributed by atoms with Crippen molar-refractivity contribution >= 4 is 69.7 Å². The fourth-order valence-electron chi connectivity index (χ4n) is 8.57. The normalized spacial score (nSPS) is 13.9. The SMILES string of the molecule is COc1cc(-c2cn(C3CCOCC3)c3ncnc(N)c23)ccc1NC(=O)OCc1ccncc1.COc1cc(-c2cn(C3CCOCC3)c3ncnc(N)c23)ccc1NC(=O)Oc1ccccc1.Cl. The fourth-order valence-corrected chi connectivity index (χ4v) is 8.57. The van der Waals surface area contributed by atoms with Gasteiger partial charge in [0.1, 0.15) is 59.4 Å². The van der Waals surface area contributed by atoms with E-state index >= 15 is 0 Å². The average Bonchev–Trinajstić information content (AvgIpc) is 3.99. The van der Waals surface area contributed by atoms with Crippen LogP contribution in [0.3, 0.4) is 0 Å². The van der Waals surface area contributed by atoms with Crippen molar-refractivity contribution in [1.29, 1.82) is 0 Å². The van der Waals surface area contributed by atoms with Crippen molar-refractivity contribution in [3.8, 4) is 39.5 Å². The van der Waals surface area contributed by atoms with Crippen molar-refractivity contribution < 1.29 is 38.0 Å². The van der Waals surface area contributed by atoms with Gasteiger partial charge in [-0.1, -0.05) is 30.3 Å². The molecular formula is C50H52ClN11O8. The van der Waals surface area contributed by atoms with E-state index in [1.54, 1.807) is 75.1 Å². The zero-order chi connectivity index (χ0) is 47.7. The van der Waals surface area contributed by atoms with Crippen LogP contribution in [-0.2, 0) is 20.8 Å². The van der Waals surface area contributed by atoms with E-state index in [2.05, 4.69) is 57.1 Å². The van der Waals surface area contributed by atoms with Gasteiger partial charge in [-0.15, -0.1) is 12.4 Å². The summed E-state index contributed by atoms with van der Waals surface area (Å²) < 4.78 is 37.2. The Morgan fingerprint density at radius 2 is 1.14 bits per heavy atom. The molecule has 7 heterocycles. The van der Waals surface area contributed by atoms with Crippen LogP contribution in [0.5, 0.6) is 17.2 Å². The maximum absolute atomic E-state index is 12.4. The Kier molecular flexibility index (Phi) is 15.5. The van der Waals surface area contributed by atoms with E-state index in [1.165, 1.54) is 12.7 Å². The Morgan fingerprint density at radius 1 is 0.657 bits per heavy atom. The number of ether oxygens (including phenoxy) is 6. The molecule has 2 aliphatic rings. The largest absolute Gasteiger partial charge is 0.495 e. The number of carbonyl (C=O) groups is 2. The van der Waals surface area contributed by atoms with Crippen LogP contribution in [0.2, 0.25) is 0 Å². The van der Waals surface area contributed by atoms with Gasteiger partial charge in [0, 0.05) is 74.4 Å². The van der Waals surface area contributed by atoms with E-state index in [1.807, 2.05) is 30.3 Å². The maximum atomic E-state index is 12.4. The number of nitrogens with one attached hydrogen (secondary N) is 2. The zero-order valence-corrected chi connectivity index (χ0v) is 39.3. The van der Waals surface area contributed by atoms with E-state index in [9.17, 15) is 9.59 Å². The number of fused-ring (bicyclic) bond motifs is 2. The number of hydrogen-bond donors (Lipinski definition) is 4. The number of methoxy groups -OCH3 is 2. The van der Waals surface area contributed by atoms with Gasteiger partial charge in [0.2, 0.25) is 0 Å². The number of anilines is 4. The molecule has 2 aliphatic heterocycles. The van der Waals surface area contributed by atoms with E-state index in [0.29, 0.717) is 66.7 Å². The summed E-state index contributed by atoms with van der Waals surface area (Å²) in [5.74, 6) is 2.26. The van der Waals surface area contributed by atoms with E-state index in [-0.39, 0.29) is 31.1 Å². The number of nitrogens with zero attached hydrogens (tertiary/aromatic N) is 7. The lowest BCUT2D eigenvalue weighted by atomic mass is 10.0. The molecule has 0 spiro atoms. The molecule has 2 fully saturated rings. The summed E-state index contributed by atoms with van der Waals surface area (Å²) in [6.07, 6.45) is 12.8. The second-order valence-corrected chi connectivity index (χ2v) is 16.2. The molecule has 6 N–H and O–H groups in total. The number of halogens is 1. The van der Waals surface area contributed by atoms with Crippen molar-refractivity contribution in [3.63, 3.8) is 0 Å². The molecule has 0 saturated carbocycles. The highest BCUT2D eigenvalue weighted by Gasteiger charge is 2.25. The van der Waals surface area contributed by atoms with Gasteiger partial charge in [0.15, 0.2) is 0 Å². The summed E-state index contributed by atoms with van der Waals surface area (Å²) >= 11 is 0. The number of nitrogen functional groups attached to an aromatic ring is 2. The molecule has 0 radical (unpaired) electrons. The third-order valence-electron chi connectivity index (χ3n) is 12.0. The molecule has 2 amide bonds. The molecule has 10 rings (SSSR count). The van der Waals surface area contributed by atoms with Gasteiger partial charge in [-0.3, -0.25) is 15.6 Å². The van der Waals surface area contributed by atoms with Crippen LogP contribution in [0.25, 0.3) is 44.3 Å². The average molecular weight is 970 g/mol. The summed E-state index contributed by atoms with van der Waals surface area (Å²) in [4.78, 5) is 46.2. The van der Waals surface area contributed by atoms with Gasteiger partial charge in [-0.25, -0.2) is 29.5 Å². The van der Waals surface area contributed by atoms with Crippen LogP contribution in [0, 0.1) is 0 Å². The molecule has 362 valence electrons. The number of amides is 2. The Balaban J connectivity index is 0.000000186. The topological polar surface area (TPSA) is 240 Å². The van der Waals surface area contributed by atoms with Crippen LogP contribution >= 0.6 is 12.4 Å². The Labute approximate surface area is 408 Å². The Morgan fingerprint density at radius 3 is 1.63 bits per heavy atom. The fraction of sp³-hybridized carbons (Fsp3) is 0.260. The minimum atomic E-state index is -0.606. The lowest BCUT2D eigenvalue weighted by Crippen LogP contribution is -2.19. The van der Waals surface area contributed by atoms with Gasteiger partial charge in [-0.05, 0) is 90.9 Å². The number of nitrogens with two attached hydrogens (primary N) is 2. The van der Waals surface area contributed by atoms with Crippen molar-refractivity contribution in [2.45, 2.75) is 44.4 Å². The molecule has 0 unspecified atom stereocenters. The smallest absolute Gasteiger partial charge is 0.417 e. The lowest BCUT2D eigenvalue weighted by Gasteiger charge is -2.24. The number of carbonyl (C=O) groups excluding carboxylic acids is 2. The van der Waals surface area contributed by atoms with Crippen molar-refractivity contribution in [2.24, 2.45) is 0 Å². The zero-order valence-electron chi connectivity index (χ0n) is 38.4. The first-order valence-electron chi connectivity index (χ1n) is 22.4. The molecule has 8 aromatic rings. The number of para-hydroxylation sites is 1. The minimum Gasteiger partial charge on any atom is -0.495 e. The van der Waals surface area contributed by atoms with E-state index < -0.39 is 12.2 Å². The number of benzene rings is 3. The van der Waals surface area contributed by atoms with Gasteiger partial charge < -0.3 is 49.0 Å². The van der Waals surface area contributed by atoms with E-state index in [0.717, 1.165) is 75.6 Å². The molecule has 19 nitrogen and oxygen atoms in total. The number of hydrogen-bond acceptors (Lipinski definition) is 15. The molecule has 20 heteroatoms. The Bertz CT molecular complexity index is 3070. The summed E-state index contributed by atoms with van der Waals surface area (Å²) in [6, 6.07) is 24.0. The first-order valence-corrected chi connectivity index (χ1v) is 22.4. The van der Waals surface area contributed by atoms with Crippen molar-refractivity contribution in [1.82, 2.24) is 34.1 Å². The van der Waals surface area contributed by atoms with Crippen LogP contribution in [0.4, 0.5) is 32.6 Å². The standard InChI is InChI=1S/C25H26N6O4.C25H25N5O4.ClH/c1-33-21-12-17(2-3-20(21)30-25(32)35-14-16-4-8-27-9-5-16)19-13-31(18-6-10-34-11-7-18)24-22(19)23(26)28-15-29-24;1-32-21-13-16(7-8-20(21)29-25(31)34-18-5-3-2-4-6-18)19-14-30(17-9-11-33-12-10-17)24-22(19)23(26)27-15-28-24;/h2-5,8-9,12-13,15,18H,6-7,10-11,14H2,1H3,(H,30,32)(H2,26,28,29);2-8,13-15,17H,9-12H2,1H3,(H,29,31)(H2,26,27,28);1H. The van der Waals surface area contributed by atoms with Crippen molar-refractivity contribution in [2.75, 3.05) is 62.7 Å². The number of pyridine rings is 1. The van der Waals surface area contributed by atoms with Gasteiger partial charge in [-0.2, -0.15) is 0 Å². The Hall–Kier alpha value is -8.00. The summed E-state index contributed by atoms with van der Waals surface area (Å²) in [5, 5.41) is 7.07. The molecule has 0 bridgehead atoms. The van der Waals surface area contributed by atoms with Crippen LogP contribution in [0.15, 0.2) is 116 Å². The van der Waals surface area contributed by atoms with Gasteiger partial charge in [0.05, 0.1) is 36.4 Å². The quantitative estimate of drug-likeness (QED) is 0.0944. The molecular weight excluding hydrogens is 918 g/mol. The molecule has 3 aromatic carbocycles. The van der Waals surface area contributed by atoms with Crippen LogP contribution in [0.1, 0.15) is 43.3 Å². The predicted octanol–water partition coefficient (Wildman–Crippen LogP) is 9.26. The first-order chi connectivity index (χ1) is 33.8. The first kappa shape index (κ1) is 48.5. The number of rotatable bonds is 11. The minimum absolute atomic E-state index is 0. The highest BCUT2D eigenvalue weighted by Crippen LogP contribution is 2.41. The van der Waals surface area contributed by atoms with Crippen molar-refractivity contribution in [3.05, 3.63) is 122 Å². The summed E-state index contributed by atoms with van der Waals surface area (Å²) in [6.45, 7) is 3.00. The monoisotopic (exact) mass is 969 g/mol. The third kappa shape index (κ3) is 10.8. The third-order valence-corrected chi connectivity index (χ3v) is 12.0. The lowest BCUT2D eigenvalue weighted by molar-refractivity contribution is 0.0705. The van der Waals surface area contributed by atoms with Gasteiger partial charge >= 0.3 is 12.2 Å². The maximum Gasteiger partial charge on any atom is 0.417 e. The van der Waals surface area contributed by atoms with Crippen LogP contribution in [-0.4, -0.2) is 86.9 Å². The number of aromatic nitrogens is 7. The molecule has 0 atom stereocenters. The second-order valence-electron chi connectivity index (χ2n) is 16.2. The molecule has 0 aliphatic carbocycles. The van der Waals surface area contributed by atoms with Gasteiger partial charge in [0.25, 0.3) is 0 Å². The summed E-state index contributed by atoms with van der Waals surface area (Å²) in [5.41, 5.74) is 19.5.